The maximum atomic E-state index is 2.50. The van der Waals surface area contributed by atoms with E-state index in [0.717, 1.165) is 0 Å². The van der Waals surface area contributed by atoms with Crippen LogP contribution in [-0.2, 0) is 0 Å². The summed E-state index contributed by atoms with van der Waals surface area (Å²) >= 11 is 3.85. The summed E-state index contributed by atoms with van der Waals surface area (Å²) in [5, 5.41) is 13.1. The fourth-order valence-electron chi connectivity index (χ4n) is 8.38. The molecule has 0 saturated carbocycles. The fraction of sp³-hybridized carbons (Fsp3) is 0. The molecule has 0 aliphatic carbocycles. The molecule has 0 N–H and O–H groups in total. The zero-order valence-electron chi connectivity index (χ0n) is 27.0. The second-order valence-electron chi connectivity index (χ2n) is 13.1. The lowest BCUT2D eigenvalue weighted by molar-refractivity contribution is 1.64. The molecule has 2 aromatic heterocycles. The number of benzene rings is 9. The first-order valence-electron chi connectivity index (χ1n) is 17.1. The molecule has 0 nitrogen and oxygen atoms in total. The lowest BCUT2D eigenvalue weighted by atomic mass is 9.83. The lowest BCUT2D eigenvalue weighted by Crippen LogP contribution is -1.93. The van der Waals surface area contributed by atoms with Crippen LogP contribution in [0.5, 0.6) is 0 Å². The minimum absolute atomic E-state index is 1.24. The molecule has 11 aromatic rings. The van der Waals surface area contributed by atoms with Crippen molar-refractivity contribution in [1.29, 1.82) is 0 Å². The van der Waals surface area contributed by atoms with Crippen LogP contribution in [0.2, 0.25) is 0 Å². The van der Waals surface area contributed by atoms with Crippen molar-refractivity contribution in [3.8, 4) is 33.4 Å². The van der Waals surface area contributed by atoms with Crippen LogP contribution in [0.15, 0.2) is 170 Å². The normalized spacial score (nSPS) is 12.0. The molecule has 0 amide bonds. The average molecular weight is 669 g/mol. The van der Waals surface area contributed by atoms with Gasteiger partial charge in [0.2, 0.25) is 0 Å². The molecule has 0 aliphatic rings. The van der Waals surface area contributed by atoms with E-state index in [1.807, 2.05) is 22.7 Å². The molecule has 0 spiro atoms. The highest BCUT2D eigenvalue weighted by Gasteiger charge is 2.23. The minimum Gasteiger partial charge on any atom is -0.135 e. The summed E-state index contributed by atoms with van der Waals surface area (Å²) in [5.74, 6) is 0. The van der Waals surface area contributed by atoms with Crippen LogP contribution >= 0.6 is 22.7 Å². The number of fused-ring (bicyclic) bond motifs is 10. The van der Waals surface area contributed by atoms with E-state index in [0.29, 0.717) is 0 Å². The van der Waals surface area contributed by atoms with Crippen LogP contribution in [0, 0.1) is 0 Å². The fourth-order valence-corrected chi connectivity index (χ4v) is 10.9. The van der Waals surface area contributed by atoms with E-state index >= 15 is 0 Å². The van der Waals surface area contributed by atoms with Gasteiger partial charge in [0.25, 0.3) is 0 Å². The van der Waals surface area contributed by atoms with Crippen molar-refractivity contribution < 1.29 is 0 Å². The van der Waals surface area contributed by atoms with E-state index in [9.17, 15) is 0 Å². The van der Waals surface area contributed by atoms with E-state index in [2.05, 4.69) is 170 Å². The van der Waals surface area contributed by atoms with Crippen molar-refractivity contribution in [2.45, 2.75) is 0 Å². The van der Waals surface area contributed by atoms with E-state index in [1.54, 1.807) is 0 Å². The molecule has 9 aromatic carbocycles. The summed E-state index contributed by atoms with van der Waals surface area (Å²) in [5.41, 5.74) is 7.70. The minimum atomic E-state index is 1.24. The van der Waals surface area contributed by atoms with Crippen LogP contribution in [-0.4, -0.2) is 0 Å². The molecule has 0 radical (unpaired) electrons. The Hall–Kier alpha value is -5.80. The van der Waals surface area contributed by atoms with Gasteiger partial charge in [-0.1, -0.05) is 152 Å². The summed E-state index contributed by atoms with van der Waals surface area (Å²) in [4.78, 5) is 0. The molecule has 0 saturated heterocycles. The highest BCUT2D eigenvalue weighted by molar-refractivity contribution is 7.30. The average Bonchev–Trinajstić information content (AvgIpc) is 3.75. The van der Waals surface area contributed by atoms with Gasteiger partial charge in [-0.2, -0.15) is 0 Å². The number of hydrogen-bond acceptors (Lipinski definition) is 2. The van der Waals surface area contributed by atoms with Gasteiger partial charge in [-0.05, 0) is 83.9 Å². The van der Waals surface area contributed by atoms with Crippen molar-refractivity contribution >= 4 is 95.3 Å². The zero-order chi connectivity index (χ0) is 32.8. The van der Waals surface area contributed by atoms with E-state index < -0.39 is 0 Å². The van der Waals surface area contributed by atoms with Crippen LogP contribution in [0.25, 0.3) is 106 Å². The Balaban J connectivity index is 1.30. The Bertz CT molecular complexity index is 3080. The second-order valence-corrected chi connectivity index (χ2v) is 15.2. The number of thiophene rings is 2. The highest BCUT2D eigenvalue weighted by Crippen LogP contribution is 2.52. The summed E-state index contributed by atoms with van der Waals surface area (Å²) in [6, 6.07) is 62.9. The monoisotopic (exact) mass is 668 g/mol. The van der Waals surface area contributed by atoms with Crippen LogP contribution in [0.1, 0.15) is 0 Å². The van der Waals surface area contributed by atoms with Gasteiger partial charge < -0.3 is 0 Å². The molecule has 0 fully saturated rings. The molecule has 0 atom stereocenters. The first-order chi connectivity index (χ1) is 24.8. The summed E-state index contributed by atoms with van der Waals surface area (Å²) in [6.45, 7) is 0. The van der Waals surface area contributed by atoms with Crippen molar-refractivity contribution in [3.05, 3.63) is 170 Å². The first-order valence-corrected chi connectivity index (χ1v) is 18.7. The Morgan fingerprint density at radius 1 is 0.280 bits per heavy atom. The lowest BCUT2D eigenvalue weighted by Gasteiger charge is -2.20. The topological polar surface area (TPSA) is 0 Å². The molecule has 0 bridgehead atoms. The predicted octanol–water partition coefficient (Wildman–Crippen LogP) is 14.9. The van der Waals surface area contributed by atoms with Crippen molar-refractivity contribution in [1.82, 2.24) is 0 Å². The summed E-state index contributed by atoms with van der Waals surface area (Å²) in [7, 11) is 0. The van der Waals surface area contributed by atoms with Crippen LogP contribution in [0.4, 0.5) is 0 Å². The number of rotatable bonds is 3. The third kappa shape index (κ3) is 3.98. The highest BCUT2D eigenvalue weighted by atomic mass is 32.1. The van der Waals surface area contributed by atoms with Gasteiger partial charge in [-0.25, -0.2) is 0 Å². The molecule has 2 heteroatoms. The maximum Gasteiger partial charge on any atom is 0.0454 e. The van der Waals surface area contributed by atoms with Crippen molar-refractivity contribution in [2.75, 3.05) is 0 Å². The Morgan fingerprint density at radius 2 is 0.720 bits per heavy atom. The van der Waals surface area contributed by atoms with Gasteiger partial charge in [0.05, 0.1) is 0 Å². The molecular formula is C48H28S2. The molecule has 2 heterocycles. The smallest absolute Gasteiger partial charge is 0.0454 e. The third-order valence-electron chi connectivity index (χ3n) is 10.5. The Labute approximate surface area is 297 Å². The molecular weight excluding hydrogens is 641 g/mol. The van der Waals surface area contributed by atoms with Gasteiger partial charge in [0.15, 0.2) is 0 Å². The van der Waals surface area contributed by atoms with Crippen molar-refractivity contribution in [2.24, 2.45) is 0 Å². The number of hydrogen-bond donors (Lipinski definition) is 0. The van der Waals surface area contributed by atoms with Gasteiger partial charge in [0.1, 0.15) is 0 Å². The largest absolute Gasteiger partial charge is 0.135 e. The Kier molecular flexibility index (Phi) is 6.09. The molecule has 11 rings (SSSR count). The van der Waals surface area contributed by atoms with Gasteiger partial charge >= 0.3 is 0 Å². The predicted molar refractivity (Wildman–Crippen MR) is 221 cm³/mol. The van der Waals surface area contributed by atoms with Crippen LogP contribution in [0.3, 0.4) is 0 Å². The summed E-state index contributed by atoms with van der Waals surface area (Å²) in [6.07, 6.45) is 0. The molecule has 50 heavy (non-hydrogen) atoms. The Morgan fingerprint density at radius 3 is 1.34 bits per heavy atom. The van der Waals surface area contributed by atoms with Gasteiger partial charge in [-0.3, -0.25) is 0 Å². The summed E-state index contributed by atoms with van der Waals surface area (Å²) < 4.78 is 5.41. The quantitative estimate of drug-likeness (QED) is 0.164. The van der Waals surface area contributed by atoms with Gasteiger partial charge in [0, 0.05) is 40.3 Å². The van der Waals surface area contributed by atoms with E-state index in [-0.39, 0.29) is 0 Å². The van der Waals surface area contributed by atoms with E-state index in [1.165, 1.54) is 106 Å². The second kappa shape index (κ2) is 10.9. The zero-order valence-corrected chi connectivity index (χ0v) is 28.6. The van der Waals surface area contributed by atoms with Crippen molar-refractivity contribution in [3.63, 3.8) is 0 Å². The first kappa shape index (κ1) is 28.1. The third-order valence-corrected chi connectivity index (χ3v) is 12.8. The molecule has 0 unspecified atom stereocenters. The molecule has 0 aliphatic heterocycles. The maximum absolute atomic E-state index is 2.50. The molecule has 232 valence electrons. The van der Waals surface area contributed by atoms with E-state index in [4.69, 9.17) is 0 Å². The van der Waals surface area contributed by atoms with Gasteiger partial charge in [-0.15, -0.1) is 22.7 Å². The van der Waals surface area contributed by atoms with Crippen LogP contribution < -0.4 is 0 Å². The standard InChI is InChI=1S/C48H28S2/c1-2-14-29(15-3-1)30-26-27-37(32-17-5-4-16-31(30)32)44-33-18-6-8-20-35(33)45(36-21-9-7-19-34(36)44)40-28-43-47(39-23-11-12-24-41(39)49-43)48-46(40)38-22-10-13-25-42(38)50-48/h1-28H. The SMILES string of the molecule is c1ccc(-c2ccc(-c3c4ccccc4c(-c4cc5sc6ccccc6c5c5sc6ccccc6c45)c4ccccc34)c3ccccc23)cc1.